The molecule has 2 heterocycles. The molecule has 0 bridgehead atoms. The minimum atomic E-state index is -0.154. The highest BCUT2D eigenvalue weighted by Gasteiger charge is 2.41. The lowest BCUT2D eigenvalue weighted by Gasteiger charge is -2.33. The quantitative estimate of drug-likeness (QED) is 0.801. The number of hydrogen-bond donors (Lipinski definition) is 0. The van der Waals surface area contributed by atoms with Crippen LogP contribution in [0.25, 0.3) is 5.57 Å². The Labute approximate surface area is 144 Å². The van der Waals surface area contributed by atoms with Gasteiger partial charge in [-0.25, -0.2) is 0 Å². The molecule has 4 nitrogen and oxygen atoms in total. The summed E-state index contributed by atoms with van der Waals surface area (Å²) < 4.78 is 0. The molecule has 1 unspecified atom stereocenters. The van der Waals surface area contributed by atoms with E-state index < -0.39 is 0 Å². The van der Waals surface area contributed by atoms with Crippen LogP contribution in [0, 0.1) is 19.8 Å². The number of benzene rings is 1. The van der Waals surface area contributed by atoms with Gasteiger partial charge in [-0.05, 0) is 56.2 Å². The van der Waals surface area contributed by atoms with Crippen molar-refractivity contribution < 1.29 is 9.59 Å². The van der Waals surface area contributed by atoms with Crippen LogP contribution in [0.1, 0.15) is 43.4 Å². The number of carbonyl (C=O) groups excluding carboxylic acids is 2. The number of amides is 2. The standard InChI is InChI=1S/C20H26N2O2/c1-5-22-19(23)17(16-9-8-14(3)15(4)11-16)18(20(22)24)21-10-6-7-13(2)12-21/h8-9,11,13H,5-7,10,12H2,1-4H3. The van der Waals surface area contributed by atoms with E-state index in [9.17, 15) is 9.59 Å². The van der Waals surface area contributed by atoms with Crippen LogP contribution in [0.4, 0.5) is 0 Å². The predicted octanol–water partition coefficient (Wildman–Crippen LogP) is 3.14. The summed E-state index contributed by atoms with van der Waals surface area (Å²) in [7, 11) is 0. The summed E-state index contributed by atoms with van der Waals surface area (Å²) in [6.45, 7) is 10.3. The molecule has 0 radical (unpaired) electrons. The van der Waals surface area contributed by atoms with Crippen molar-refractivity contribution in [2.24, 2.45) is 5.92 Å². The van der Waals surface area contributed by atoms with Crippen molar-refractivity contribution >= 4 is 17.4 Å². The van der Waals surface area contributed by atoms with E-state index >= 15 is 0 Å². The summed E-state index contributed by atoms with van der Waals surface area (Å²) in [6.07, 6.45) is 2.25. The van der Waals surface area contributed by atoms with Gasteiger partial charge in [-0.1, -0.05) is 25.1 Å². The van der Waals surface area contributed by atoms with Crippen LogP contribution in [0.15, 0.2) is 23.9 Å². The monoisotopic (exact) mass is 326 g/mol. The maximum atomic E-state index is 12.9. The average Bonchev–Trinajstić information content (AvgIpc) is 2.80. The fraction of sp³-hybridized carbons (Fsp3) is 0.500. The zero-order valence-electron chi connectivity index (χ0n) is 15.1. The molecule has 3 rings (SSSR count). The van der Waals surface area contributed by atoms with Crippen molar-refractivity contribution in [3.63, 3.8) is 0 Å². The second-order valence-corrected chi connectivity index (χ2v) is 7.07. The van der Waals surface area contributed by atoms with Crippen LogP contribution in [-0.4, -0.2) is 41.2 Å². The lowest BCUT2D eigenvalue weighted by Crippen LogP contribution is -2.39. The minimum Gasteiger partial charge on any atom is -0.366 e. The molecular weight excluding hydrogens is 300 g/mol. The fourth-order valence-corrected chi connectivity index (χ4v) is 3.69. The Morgan fingerprint density at radius 1 is 1.12 bits per heavy atom. The van der Waals surface area contributed by atoms with Crippen LogP contribution in [0.3, 0.4) is 0 Å². The van der Waals surface area contributed by atoms with Gasteiger partial charge in [0.1, 0.15) is 5.70 Å². The first-order chi connectivity index (χ1) is 11.4. The molecule has 2 aliphatic rings. The van der Waals surface area contributed by atoms with E-state index in [0.717, 1.165) is 30.6 Å². The summed E-state index contributed by atoms with van der Waals surface area (Å²) in [5, 5.41) is 0. The highest BCUT2D eigenvalue weighted by atomic mass is 16.2. The number of hydrogen-bond acceptors (Lipinski definition) is 3. The summed E-state index contributed by atoms with van der Waals surface area (Å²) in [4.78, 5) is 29.3. The van der Waals surface area contributed by atoms with Gasteiger partial charge >= 0.3 is 0 Å². The lowest BCUT2D eigenvalue weighted by atomic mass is 9.96. The lowest BCUT2D eigenvalue weighted by molar-refractivity contribution is -0.137. The number of rotatable bonds is 3. The Morgan fingerprint density at radius 2 is 1.88 bits per heavy atom. The normalized spacial score (nSPS) is 21.9. The molecule has 128 valence electrons. The van der Waals surface area contributed by atoms with Gasteiger partial charge in [0, 0.05) is 19.6 Å². The number of nitrogens with zero attached hydrogens (tertiary/aromatic N) is 2. The largest absolute Gasteiger partial charge is 0.366 e. The molecule has 0 aromatic heterocycles. The van der Waals surface area contributed by atoms with Crippen molar-refractivity contribution in [2.75, 3.05) is 19.6 Å². The summed E-state index contributed by atoms with van der Waals surface area (Å²) in [5.41, 5.74) is 4.38. The smallest absolute Gasteiger partial charge is 0.277 e. The van der Waals surface area contributed by atoms with E-state index in [4.69, 9.17) is 0 Å². The molecule has 1 aromatic rings. The van der Waals surface area contributed by atoms with Crippen molar-refractivity contribution in [2.45, 2.75) is 40.5 Å². The Morgan fingerprint density at radius 3 is 2.50 bits per heavy atom. The molecular formula is C20H26N2O2. The molecule has 1 saturated heterocycles. The maximum Gasteiger partial charge on any atom is 0.277 e. The summed E-state index contributed by atoms with van der Waals surface area (Å²) in [5.74, 6) is 0.259. The van der Waals surface area contributed by atoms with Crippen molar-refractivity contribution in [1.82, 2.24) is 9.80 Å². The topological polar surface area (TPSA) is 40.6 Å². The van der Waals surface area contributed by atoms with Gasteiger partial charge in [0.25, 0.3) is 11.8 Å². The van der Waals surface area contributed by atoms with Crippen molar-refractivity contribution in [1.29, 1.82) is 0 Å². The maximum absolute atomic E-state index is 12.9. The van der Waals surface area contributed by atoms with E-state index in [2.05, 4.69) is 18.7 Å². The van der Waals surface area contributed by atoms with Gasteiger partial charge in [-0.15, -0.1) is 0 Å². The van der Waals surface area contributed by atoms with E-state index in [1.807, 2.05) is 32.0 Å². The second kappa shape index (κ2) is 6.42. The van der Waals surface area contributed by atoms with Crippen LogP contribution in [0.2, 0.25) is 0 Å². The molecule has 2 aliphatic heterocycles. The molecule has 2 amide bonds. The highest BCUT2D eigenvalue weighted by molar-refractivity contribution is 6.35. The predicted molar refractivity (Wildman–Crippen MR) is 95.2 cm³/mol. The van der Waals surface area contributed by atoms with E-state index in [-0.39, 0.29) is 11.8 Å². The molecule has 0 aliphatic carbocycles. The third kappa shape index (κ3) is 2.74. The number of carbonyl (C=O) groups is 2. The Kier molecular flexibility index (Phi) is 4.48. The minimum absolute atomic E-state index is 0.134. The first kappa shape index (κ1) is 16.7. The first-order valence-corrected chi connectivity index (χ1v) is 8.87. The summed E-state index contributed by atoms with van der Waals surface area (Å²) in [6, 6.07) is 6.03. The van der Waals surface area contributed by atoms with Crippen LogP contribution in [0.5, 0.6) is 0 Å². The van der Waals surface area contributed by atoms with Crippen LogP contribution < -0.4 is 0 Å². The third-order valence-corrected chi connectivity index (χ3v) is 5.23. The molecule has 24 heavy (non-hydrogen) atoms. The van der Waals surface area contributed by atoms with Gasteiger partial charge in [0.05, 0.1) is 5.57 Å². The average molecular weight is 326 g/mol. The Hall–Kier alpha value is -2.10. The SMILES string of the molecule is CCN1C(=O)C(c2ccc(C)c(C)c2)=C(N2CCCC(C)C2)C1=O. The molecule has 1 atom stereocenters. The zero-order valence-corrected chi connectivity index (χ0v) is 15.1. The third-order valence-electron chi connectivity index (χ3n) is 5.23. The Balaban J connectivity index is 2.12. The molecule has 0 spiro atoms. The molecule has 0 saturated carbocycles. The van der Waals surface area contributed by atoms with Gasteiger partial charge in [0.15, 0.2) is 0 Å². The number of imide groups is 1. The fourth-order valence-electron chi connectivity index (χ4n) is 3.69. The number of likely N-dealkylation sites (N-methyl/N-ethyl adjacent to an activating group) is 1. The van der Waals surface area contributed by atoms with Gasteiger partial charge in [-0.2, -0.15) is 0 Å². The van der Waals surface area contributed by atoms with Crippen LogP contribution in [-0.2, 0) is 9.59 Å². The molecule has 1 fully saturated rings. The van der Waals surface area contributed by atoms with Gasteiger partial charge in [-0.3, -0.25) is 14.5 Å². The number of aryl methyl sites for hydroxylation is 2. The Bertz CT molecular complexity index is 720. The second-order valence-electron chi connectivity index (χ2n) is 7.07. The zero-order chi connectivity index (χ0) is 17.4. The summed E-state index contributed by atoms with van der Waals surface area (Å²) >= 11 is 0. The van der Waals surface area contributed by atoms with Crippen LogP contribution >= 0.6 is 0 Å². The number of piperidine rings is 1. The van der Waals surface area contributed by atoms with Crippen molar-refractivity contribution in [3.8, 4) is 0 Å². The first-order valence-electron chi connectivity index (χ1n) is 8.87. The van der Waals surface area contributed by atoms with Gasteiger partial charge in [0.2, 0.25) is 0 Å². The molecule has 0 N–H and O–H groups in total. The van der Waals surface area contributed by atoms with E-state index in [1.54, 1.807) is 0 Å². The highest BCUT2D eigenvalue weighted by Crippen LogP contribution is 2.34. The van der Waals surface area contributed by atoms with E-state index in [1.165, 1.54) is 16.9 Å². The van der Waals surface area contributed by atoms with Crippen molar-refractivity contribution in [3.05, 3.63) is 40.6 Å². The van der Waals surface area contributed by atoms with E-state index in [0.29, 0.717) is 23.7 Å². The molecule has 4 heteroatoms. The van der Waals surface area contributed by atoms with Gasteiger partial charge < -0.3 is 4.90 Å². The molecule has 1 aromatic carbocycles. The number of likely N-dealkylation sites (tertiary alicyclic amines) is 1.